The predicted molar refractivity (Wildman–Crippen MR) is 99.7 cm³/mol. The van der Waals surface area contributed by atoms with E-state index in [4.69, 9.17) is 11.6 Å². The molecule has 1 amide bonds. The van der Waals surface area contributed by atoms with Crippen LogP contribution in [0, 0.1) is 5.82 Å². The first-order valence-electron chi connectivity index (χ1n) is 7.91. The van der Waals surface area contributed by atoms with E-state index in [-0.39, 0.29) is 18.4 Å². The molecule has 0 heterocycles. The highest BCUT2D eigenvalue weighted by Crippen LogP contribution is 2.20. The molecule has 26 heavy (non-hydrogen) atoms. The molecule has 0 spiro atoms. The molecule has 2 aromatic rings. The molecule has 0 aromatic heterocycles. The molecule has 2 rings (SSSR count). The second kappa shape index (κ2) is 8.62. The summed E-state index contributed by atoms with van der Waals surface area (Å²) in [5.41, 5.74) is 1.38. The lowest BCUT2D eigenvalue weighted by molar-refractivity contribution is -0.122. The monoisotopic (exact) mass is 398 g/mol. The summed E-state index contributed by atoms with van der Waals surface area (Å²) in [4.78, 5) is 12.4. The molecular weight excluding hydrogens is 379 g/mol. The summed E-state index contributed by atoms with van der Waals surface area (Å²) in [5.74, 6) is -0.773. The molecule has 0 aliphatic carbocycles. The maximum Gasteiger partial charge on any atom is 0.222 e. The van der Waals surface area contributed by atoms with Crippen LogP contribution in [0.2, 0.25) is 5.02 Å². The van der Waals surface area contributed by atoms with E-state index >= 15 is 0 Å². The second-order valence-electron chi connectivity index (χ2n) is 6.04. The van der Waals surface area contributed by atoms with Crippen molar-refractivity contribution in [2.75, 3.05) is 6.26 Å². The van der Waals surface area contributed by atoms with E-state index in [2.05, 4.69) is 10.0 Å². The van der Waals surface area contributed by atoms with Gasteiger partial charge in [-0.15, -0.1) is 0 Å². The zero-order valence-electron chi connectivity index (χ0n) is 14.4. The van der Waals surface area contributed by atoms with Gasteiger partial charge in [-0.25, -0.2) is 17.5 Å². The molecular formula is C18H20ClFN2O3S. The third kappa shape index (κ3) is 6.40. The largest absolute Gasteiger partial charge is 0.350 e. The van der Waals surface area contributed by atoms with E-state index in [1.807, 2.05) is 6.92 Å². The summed E-state index contributed by atoms with van der Waals surface area (Å²) in [5, 5.41) is 3.42. The SMILES string of the molecule is C[C@H](NC(=O)C[C@H](NS(C)(=O)=O)c1ccc(F)cc1)c1ccc(Cl)cc1. The van der Waals surface area contributed by atoms with Crippen LogP contribution in [0.15, 0.2) is 48.5 Å². The first-order chi connectivity index (χ1) is 12.1. The van der Waals surface area contributed by atoms with Gasteiger partial charge in [0.15, 0.2) is 0 Å². The van der Waals surface area contributed by atoms with E-state index in [0.29, 0.717) is 10.6 Å². The standard InChI is InChI=1S/C18H20ClFN2O3S/c1-12(13-3-7-15(19)8-4-13)21-18(23)11-17(22-26(2,24)25)14-5-9-16(20)10-6-14/h3-10,12,17,22H,11H2,1-2H3,(H,21,23)/t12-,17-/m0/s1. The number of hydrogen-bond donors (Lipinski definition) is 2. The van der Waals surface area contributed by atoms with Crippen LogP contribution in [0.25, 0.3) is 0 Å². The van der Waals surface area contributed by atoms with Crippen molar-refractivity contribution in [1.82, 2.24) is 10.0 Å². The quantitative estimate of drug-likeness (QED) is 0.751. The number of sulfonamides is 1. The van der Waals surface area contributed by atoms with Gasteiger partial charge in [-0.05, 0) is 42.3 Å². The maximum absolute atomic E-state index is 13.1. The van der Waals surface area contributed by atoms with Crippen LogP contribution in [0.1, 0.15) is 36.6 Å². The second-order valence-corrected chi connectivity index (χ2v) is 8.26. The van der Waals surface area contributed by atoms with Gasteiger partial charge in [-0.3, -0.25) is 4.79 Å². The van der Waals surface area contributed by atoms with Crippen LogP contribution in [0.4, 0.5) is 4.39 Å². The molecule has 0 unspecified atom stereocenters. The number of nitrogens with one attached hydrogen (secondary N) is 2. The van der Waals surface area contributed by atoms with Gasteiger partial charge >= 0.3 is 0 Å². The summed E-state index contributed by atoms with van der Waals surface area (Å²) in [7, 11) is -3.55. The van der Waals surface area contributed by atoms with Crippen molar-refractivity contribution >= 4 is 27.5 Å². The Labute approximate surface area is 157 Å². The summed E-state index contributed by atoms with van der Waals surface area (Å²) < 4.78 is 38.7. The molecule has 2 N–H and O–H groups in total. The average Bonchev–Trinajstić information content (AvgIpc) is 2.54. The van der Waals surface area contributed by atoms with Gasteiger partial charge in [0.1, 0.15) is 5.82 Å². The number of carbonyl (C=O) groups is 1. The fourth-order valence-corrected chi connectivity index (χ4v) is 3.36. The Morgan fingerprint density at radius 1 is 1.08 bits per heavy atom. The fourth-order valence-electron chi connectivity index (χ4n) is 2.50. The van der Waals surface area contributed by atoms with Crippen LogP contribution in [0.3, 0.4) is 0 Å². The van der Waals surface area contributed by atoms with E-state index < -0.39 is 21.9 Å². The Morgan fingerprint density at radius 2 is 1.62 bits per heavy atom. The number of benzene rings is 2. The predicted octanol–water partition coefficient (Wildman–Crippen LogP) is 3.34. The number of halogens is 2. The molecule has 0 saturated carbocycles. The van der Waals surface area contributed by atoms with E-state index in [0.717, 1.165) is 11.8 Å². The minimum absolute atomic E-state index is 0.114. The number of amides is 1. The van der Waals surface area contributed by atoms with E-state index in [9.17, 15) is 17.6 Å². The third-order valence-corrected chi connectivity index (χ3v) is 4.73. The molecule has 2 aromatic carbocycles. The zero-order chi connectivity index (χ0) is 19.3. The maximum atomic E-state index is 13.1. The minimum Gasteiger partial charge on any atom is -0.350 e. The van der Waals surface area contributed by atoms with Crippen molar-refractivity contribution in [3.8, 4) is 0 Å². The molecule has 5 nitrogen and oxygen atoms in total. The van der Waals surface area contributed by atoms with Crippen LogP contribution in [-0.4, -0.2) is 20.6 Å². The van der Waals surface area contributed by atoms with Crippen molar-refractivity contribution in [2.24, 2.45) is 0 Å². The summed E-state index contributed by atoms with van der Waals surface area (Å²) in [6.45, 7) is 1.82. The van der Waals surface area contributed by atoms with Gasteiger partial charge in [0.05, 0.1) is 18.3 Å². The first-order valence-corrected chi connectivity index (χ1v) is 10.2. The van der Waals surface area contributed by atoms with Crippen molar-refractivity contribution in [3.63, 3.8) is 0 Å². The first kappa shape index (κ1) is 20.4. The lowest BCUT2D eigenvalue weighted by atomic mass is 10.0. The number of rotatable bonds is 7. The van der Waals surface area contributed by atoms with Crippen LogP contribution >= 0.6 is 11.6 Å². The Kier molecular flexibility index (Phi) is 6.75. The van der Waals surface area contributed by atoms with Crippen molar-refractivity contribution < 1.29 is 17.6 Å². The normalized spacial score (nSPS) is 13.8. The van der Waals surface area contributed by atoms with E-state index in [1.165, 1.54) is 24.3 Å². The molecule has 0 fully saturated rings. The van der Waals surface area contributed by atoms with Gasteiger partial charge < -0.3 is 5.32 Å². The van der Waals surface area contributed by atoms with Gasteiger partial charge in [0.2, 0.25) is 15.9 Å². The third-order valence-electron chi connectivity index (χ3n) is 3.77. The van der Waals surface area contributed by atoms with Crippen LogP contribution in [-0.2, 0) is 14.8 Å². The lowest BCUT2D eigenvalue weighted by Crippen LogP contribution is -2.34. The van der Waals surface area contributed by atoms with Crippen molar-refractivity contribution in [1.29, 1.82) is 0 Å². The molecule has 0 aliphatic rings. The summed E-state index contributed by atoms with van der Waals surface area (Å²) in [6, 6.07) is 11.4. The van der Waals surface area contributed by atoms with Crippen LogP contribution in [0.5, 0.6) is 0 Å². The smallest absolute Gasteiger partial charge is 0.222 e. The molecule has 140 valence electrons. The molecule has 2 atom stereocenters. The van der Waals surface area contributed by atoms with Crippen molar-refractivity contribution in [2.45, 2.75) is 25.4 Å². The fraction of sp³-hybridized carbons (Fsp3) is 0.278. The molecule has 0 bridgehead atoms. The Bertz CT molecular complexity index is 855. The van der Waals surface area contributed by atoms with Gasteiger partial charge in [-0.2, -0.15) is 0 Å². The minimum atomic E-state index is -3.55. The summed E-state index contributed by atoms with van der Waals surface area (Å²) >= 11 is 5.85. The number of hydrogen-bond acceptors (Lipinski definition) is 3. The van der Waals surface area contributed by atoms with Gasteiger partial charge in [0.25, 0.3) is 0 Å². The molecule has 0 aliphatic heterocycles. The van der Waals surface area contributed by atoms with E-state index in [1.54, 1.807) is 24.3 Å². The van der Waals surface area contributed by atoms with Gasteiger partial charge in [-0.1, -0.05) is 35.9 Å². The lowest BCUT2D eigenvalue weighted by Gasteiger charge is -2.20. The summed E-state index contributed by atoms with van der Waals surface area (Å²) in [6.07, 6.45) is 0.897. The number of carbonyl (C=O) groups excluding carboxylic acids is 1. The highest BCUT2D eigenvalue weighted by molar-refractivity contribution is 7.88. The Morgan fingerprint density at radius 3 is 2.15 bits per heavy atom. The zero-order valence-corrected chi connectivity index (χ0v) is 15.9. The molecule has 0 radical (unpaired) electrons. The van der Waals surface area contributed by atoms with Crippen LogP contribution < -0.4 is 10.0 Å². The van der Waals surface area contributed by atoms with Crippen molar-refractivity contribution in [3.05, 3.63) is 70.5 Å². The molecule has 0 saturated heterocycles. The highest BCUT2D eigenvalue weighted by Gasteiger charge is 2.21. The Balaban J connectivity index is 2.10. The average molecular weight is 399 g/mol. The topological polar surface area (TPSA) is 75.3 Å². The molecule has 8 heteroatoms. The highest BCUT2D eigenvalue weighted by atomic mass is 35.5. The Hall–Kier alpha value is -1.96. The van der Waals surface area contributed by atoms with Gasteiger partial charge in [0, 0.05) is 11.4 Å².